The second-order valence-corrected chi connectivity index (χ2v) is 4.95. The Labute approximate surface area is 128 Å². The second kappa shape index (κ2) is 6.45. The van der Waals surface area contributed by atoms with Crippen molar-refractivity contribution in [2.75, 3.05) is 7.11 Å². The number of aliphatic hydroxyl groups is 1. The minimum absolute atomic E-state index is 0.0579. The van der Waals surface area contributed by atoms with Crippen molar-refractivity contribution in [2.45, 2.75) is 13.8 Å². The van der Waals surface area contributed by atoms with Gasteiger partial charge in [-0.1, -0.05) is 0 Å². The van der Waals surface area contributed by atoms with E-state index in [0.29, 0.717) is 16.7 Å². The molecule has 0 bridgehead atoms. The van der Waals surface area contributed by atoms with Crippen LogP contribution in [-0.2, 0) is 0 Å². The smallest absolute Gasteiger partial charge is 0.193 e. The third-order valence-corrected chi connectivity index (χ3v) is 3.50. The van der Waals surface area contributed by atoms with E-state index in [1.54, 1.807) is 24.3 Å². The average molecular weight is 298 g/mol. The highest BCUT2D eigenvalue weighted by Crippen LogP contribution is 2.25. The summed E-state index contributed by atoms with van der Waals surface area (Å²) in [7, 11) is 1.00. The molecule has 0 atom stereocenters. The molecule has 1 aromatic heterocycles. The Balaban J connectivity index is 0.000000847. The van der Waals surface area contributed by atoms with Crippen molar-refractivity contribution >= 4 is 11.0 Å². The Kier molecular flexibility index (Phi) is 4.63. The molecule has 3 aromatic rings. The maximum absolute atomic E-state index is 12.2. The lowest BCUT2D eigenvalue weighted by atomic mass is 10.1. The Hall–Kier alpha value is -2.59. The number of aromatic hydroxyl groups is 1. The van der Waals surface area contributed by atoms with Crippen LogP contribution in [0.2, 0.25) is 0 Å². The lowest BCUT2D eigenvalue weighted by Crippen LogP contribution is -2.01. The summed E-state index contributed by atoms with van der Waals surface area (Å²) >= 11 is 0. The summed E-state index contributed by atoms with van der Waals surface area (Å²) in [5.41, 5.74) is 3.45. The minimum Gasteiger partial charge on any atom is -0.508 e. The molecule has 0 spiro atoms. The van der Waals surface area contributed by atoms with Crippen LogP contribution in [0.25, 0.3) is 22.3 Å². The fourth-order valence-electron chi connectivity index (χ4n) is 2.18. The highest BCUT2D eigenvalue weighted by atomic mass is 16.3. The predicted molar refractivity (Wildman–Crippen MR) is 87.2 cm³/mol. The highest BCUT2D eigenvalue weighted by molar-refractivity contribution is 5.80. The fraction of sp³-hybridized carbons (Fsp3) is 0.167. The number of hydrogen-bond donors (Lipinski definition) is 2. The molecule has 0 saturated heterocycles. The fourth-order valence-corrected chi connectivity index (χ4v) is 2.18. The van der Waals surface area contributed by atoms with E-state index in [4.69, 9.17) is 9.52 Å². The van der Waals surface area contributed by atoms with Gasteiger partial charge in [-0.3, -0.25) is 4.79 Å². The minimum atomic E-state index is -0.0579. The van der Waals surface area contributed by atoms with Crippen LogP contribution in [0.4, 0.5) is 0 Å². The molecule has 2 N–H and O–H groups in total. The molecular formula is C18H18O4. The third kappa shape index (κ3) is 3.02. The quantitative estimate of drug-likeness (QED) is 0.722. The number of phenols is 1. The van der Waals surface area contributed by atoms with E-state index < -0.39 is 0 Å². The third-order valence-electron chi connectivity index (χ3n) is 3.50. The molecular weight excluding hydrogens is 280 g/mol. The maximum atomic E-state index is 12.2. The number of phenolic OH excluding ortho intramolecular Hbond substituents is 1. The molecule has 4 heteroatoms. The molecule has 22 heavy (non-hydrogen) atoms. The number of aliphatic hydroxyl groups excluding tert-OH is 1. The van der Waals surface area contributed by atoms with Crippen molar-refractivity contribution in [2.24, 2.45) is 0 Å². The zero-order valence-corrected chi connectivity index (χ0v) is 12.8. The van der Waals surface area contributed by atoms with E-state index in [1.807, 2.05) is 26.0 Å². The molecule has 4 nitrogen and oxygen atoms in total. The lowest BCUT2D eigenvalue weighted by Gasteiger charge is -2.06. The molecule has 0 aliphatic carbocycles. The summed E-state index contributed by atoms with van der Waals surface area (Å²) in [6, 6.07) is 11.8. The van der Waals surface area contributed by atoms with Gasteiger partial charge in [0.05, 0.1) is 5.39 Å². The topological polar surface area (TPSA) is 70.7 Å². The SMILES string of the molecule is CO.Cc1cc2oc(-c3ccc(O)cc3)cc(=O)c2cc1C. The maximum Gasteiger partial charge on any atom is 0.193 e. The molecule has 0 saturated carbocycles. The Morgan fingerprint density at radius 2 is 1.50 bits per heavy atom. The summed E-state index contributed by atoms with van der Waals surface area (Å²) in [4.78, 5) is 12.2. The Morgan fingerprint density at radius 3 is 2.14 bits per heavy atom. The molecule has 0 amide bonds. The van der Waals surface area contributed by atoms with Gasteiger partial charge in [0.1, 0.15) is 17.1 Å². The van der Waals surface area contributed by atoms with Gasteiger partial charge in [0.15, 0.2) is 5.43 Å². The first kappa shape index (κ1) is 15.8. The number of fused-ring (bicyclic) bond motifs is 1. The van der Waals surface area contributed by atoms with E-state index in [1.165, 1.54) is 6.07 Å². The number of aryl methyl sites for hydroxylation is 2. The molecule has 114 valence electrons. The molecule has 2 aromatic carbocycles. The van der Waals surface area contributed by atoms with Gasteiger partial charge in [-0.05, 0) is 61.4 Å². The van der Waals surface area contributed by atoms with Gasteiger partial charge < -0.3 is 14.6 Å². The lowest BCUT2D eigenvalue weighted by molar-refractivity contribution is 0.399. The van der Waals surface area contributed by atoms with E-state index in [9.17, 15) is 9.90 Å². The number of rotatable bonds is 1. The van der Waals surface area contributed by atoms with Crippen LogP contribution in [0.3, 0.4) is 0 Å². The molecule has 0 aliphatic heterocycles. The van der Waals surface area contributed by atoms with Crippen molar-refractivity contribution in [3.63, 3.8) is 0 Å². The summed E-state index contributed by atoms with van der Waals surface area (Å²) in [5.74, 6) is 0.689. The molecule has 0 unspecified atom stereocenters. The highest BCUT2D eigenvalue weighted by Gasteiger charge is 2.08. The molecule has 0 radical (unpaired) electrons. The summed E-state index contributed by atoms with van der Waals surface area (Å²) in [6.07, 6.45) is 0. The van der Waals surface area contributed by atoms with E-state index >= 15 is 0 Å². The van der Waals surface area contributed by atoms with Gasteiger partial charge in [-0.25, -0.2) is 0 Å². The number of hydrogen-bond acceptors (Lipinski definition) is 4. The molecule has 0 aliphatic rings. The number of benzene rings is 2. The van der Waals surface area contributed by atoms with Crippen LogP contribution in [0.5, 0.6) is 5.75 Å². The van der Waals surface area contributed by atoms with Crippen molar-refractivity contribution < 1.29 is 14.6 Å². The van der Waals surface area contributed by atoms with E-state index in [2.05, 4.69) is 0 Å². The van der Waals surface area contributed by atoms with Crippen molar-refractivity contribution in [3.8, 4) is 17.1 Å². The first-order valence-electron chi connectivity index (χ1n) is 6.84. The summed E-state index contributed by atoms with van der Waals surface area (Å²) in [6.45, 7) is 3.96. The first-order chi connectivity index (χ1) is 10.5. The molecule has 1 heterocycles. The standard InChI is InChI=1S/C17H14O3.CH4O/c1-10-7-14-15(19)9-16(20-17(14)8-11(10)2)12-3-5-13(18)6-4-12;1-2/h3-9,18H,1-2H3;2H,1H3. The van der Waals surface area contributed by atoms with Crippen molar-refractivity contribution in [3.05, 3.63) is 63.8 Å². The van der Waals surface area contributed by atoms with Crippen molar-refractivity contribution in [1.29, 1.82) is 0 Å². The second-order valence-electron chi connectivity index (χ2n) is 4.95. The van der Waals surface area contributed by atoms with Gasteiger partial charge in [0, 0.05) is 18.7 Å². The van der Waals surface area contributed by atoms with Crippen molar-refractivity contribution in [1.82, 2.24) is 0 Å². The van der Waals surface area contributed by atoms with Crippen LogP contribution >= 0.6 is 0 Å². The Morgan fingerprint density at radius 1 is 0.909 bits per heavy atom. The normalized spacial score (nSPS) is 10.2. The zero-order chi connectivity index (χ0) is 16.3. The van der Waals surface area contributed by atoms with Gasteiger partial charge in [-0.2, -0.15) is 0 Å². The summed E-state index contributed by atoms with van der Waals surface area (Å²) in [5, 5.41) is 16.9. The molecule has 0 fully saturated rings. The first-order valence-corrected chi connectivity index (χ1v) is 6.84. The van der Waals surface area contributed by atoms with Crippen LogP contribution in [-0.4, -0.2) is 17.3 Å². The average Bonchev–Trinajstić information content (AvgIpc) is 2.52. The van der Waals surface area contributed by atoms with Crippen LogP contribution < -0.4 is 5.43 Å². The van der Waals surface area contributed by atoms with Crippen LogP contribution in [0, 0.1) is 13.8 Å². The van der Waals surface area contributed by atoms with Gasteiger partial charge >= 0.3 is 0 Å². The van der Waals surface area contributed by atoms with E-state index in [0.717, 1.165) is 23.8 Å². The molecule has 3 rings (SSSR count). The largest absolute Gasteiger partial charge is 0.508 e. The predicted octanol–water partition coefficient (Wildman–Crippen LogP) is 3.39. The summed E-state index contributed by atoms with van der Waals surface area (Å²) < 4.78 is 5.82. The van der Waals surface area contributed by atoms with Gasteiger partial charge in [0.2, 0.25) is 0 Å². The Bertz CT molecular complexity index is 845. The van der Waals surface area contributed by atoms with Gasteiger partial charge in [-0.15, -0.1) is 0 Å². The zero-order valence-electron chi connectivity index (χ0n) is 12.8. The van der Waals surface area contributed by atoms with Gasteiger partial charge in [0.25, 0.3) is 0 Å². The van der Waals surface area contributed by atoms with E-state index in [-0.39, 0.29) is 11.2 Å². The van der Waals surface area contributed by atoms with Crippen LogP contribution in [0.15, 0.2) is 51.7 Å². The monoisotopic (exact) mass is 298 g/mol. The van der Waals surface area contributed by atoms with Crippen LogP contribution in [0.1, 0.15) is 11.1 Å².